The molecule has 2 aliphatic heterocycles. The number of amides is 1. The maximum Gasteiger partial charge on any atom is 0.390 e. The predicted octanol–water partition coefficient (Wildman–Crippen LogP) is 6.41. The number of ether oxygens (including phenoxy) is 2. The highest BCUT2D eigenvalue weighted by Crippen LogP contribution is 2.37. The van der Waals surface area contributed by atoms with Crippen LogP contribution >= 0.6 is 0 Å². The second kappa shape index (κ2) is 13.6. The molecule has 2 aliphatic rings. The van der Waals surface area contributed by atoms with Gasteiger partial charge < -0.3 is 24.6 Å². The second-order valence-electron chi connectivity index (χ2n) is 11.5. The number of carbonyl (C=O) groups is 1. The van der Waals surface area contributed by atoms with Crippen LogP contribution in [0.25, 0.3) is 11.3 Å². The van der Waals surface area contributed by atoms with Crippen LogP contribution in [-0.4, -0.2) is 78.8 Å². The number of methoxy groups -OCH3 is 2. The fourth-order valence-corrected chi connectivity index (χ4v) is 5.95. The molecule has 1 amide bonds. The van der Waals surface area contributed by atoms with Gasteiger partial charge in [0.1, 0.15) is 29.0 Å². The van der Waals surface area contributed by atoms with Gasteiger partial charge in [-0.15, -0.1) is 0 Å². The summed E-state index contributed by atoms with van der Waals surface area (Å²) in [5.74, 6) is -0.418. The van der Waals surface area contributed by atoms with Gasteiger partial charge in [-0.3, -0.25) is 9.69 Å². The van der Waals surface area contributed by atoms with Crippen LogP contribution in [0.1, 0.15) is 28.0 Å². The lowest BCUT2D eigenvalue weighted by atomic mass is 10.1. The lowest BCUT2D eigenvalue weighted by Crippen LogP contribution is -2.47. The molecular formula is C34H33F5N6O3. The first kappa shape index (κ1) is 32.9. The van der Waals surface area contributed by atoms with Gasteiger partial charge in [0, 0.05) is 44.4 Å². The van der Waals surface area contributed by atoms with Crippen LogP contribution in [0.4, 0.5) is 39.1 Å². The number of rotatable bonds is 10. The summed E-state index contributed by atoms with van der Waals surface area (Å²) >= 11 is 0. The molecule has 0 spiro atoms. The first-order chi connectivity index (χ1) is 23.0. The molecule has 0 radical (unpaired) electrons. The van der Waals surface area contributed by atoms with Crippen LogP contribution in [0.2, 0.25) is 0 Å². The number of nitrogens with one attached hydrogen (secondary N) is 1. The highest BCUT2D eigenvalue weighted by atomic mass is 19.4. The maximum atomic E-state index is 14.9. The third kappa shape index (κ3) is 7.13. The lowest BCUT2D eigenvalue weighted by molar-refractivity contribution is -0.138. The number of anilines is 3. The Morgan fingerprint density at radius 2 is 1.67 bits per heavy atom. The number of aromatic nitrogens is 2. The van der Waals surface area contributed by atoms with E-state index in [0.717, 1.165) is 23.4 Å². The number of halogens is 5. The summed E-state index contributed by atoms with van der Waals surface area (Å²) in [4.78, 5) is 28.3. The minimum atomic E-state index is -4.18. The van der Waals surface area contributed by atoms with Crippen molar-refractivity contribution in [2.75, 3.05) is 57.2 Å². The van der Waals surface area contributed by atoms with E-state index in [2.05, 4.69) is 15.3 Å². The zero-order valence-corrected chi connectivity index (χ0v) is 26.3. The third-order valence-electron chi connectivity index (χ3n) is 8.47. The number of benzene rings is 2. The summed E-state index contributed by atoms with van der Waals surface area (Å²) in [5.41, 5.74) is 2.10. The van der Waals surface area contributed by atoms with Crippen molar-refractivity contribution in [3.8, 4) is 22.8 Å². The first-order valence-corrected chi connectivity index (χ1v) is 15.3. The monoisotopic (exact) mass is 668 g/mol. The number of carbonyl (C=O) groups excluding carboxylic acids is 1. The molecular weight excluding hydrogens is 635 g/mol. The topological polar surface area (TPSA) is 83.1 Å². The second-order valence-corrected chi connectivity index (χ2v) is 11.5. The Morgan fingerprint density at radius 1 is 0.917 bits per heavy atom. The number of alkyl halides is 3. The number of pyridine rings is 2. The minimum absolute atomic E-state index is 0.0172. The fourth-order valence-electron chi connectivity index (χ4n) is 5.95. The highest BCUT2D eigenvalue weighted by Gasteiger charge is 2.34. The normalized spacial score (nSPS) is 15.1. The van der Waals surface area contributed by atoms with Crippen molar-refractivity contribution in [1.29, 1.82) is 0 Å². The van der Waals surface area contributed by atoms with Crippen molar-refractivity contribution in [1.82, 2.24) is 19.8 Å². The molecule has 0 atom stereocenters. The molecule has 4 aromatic rings. The molecule has 0 bridgehead atoms. The van der Waals surface area contributed by atoms with Gasteiger partial charge in [-0.2, -0.15) is 13.2 Å². The van der Waals surface area contributed by atoms with Crippen molar-refractivity contribution < 1.29 is 36.2 Å². The molecule has 0 saturated carbocycles. The van der Waals surface area contributed by atoms with E-state index in [0.29, 0.717) is 49.2 Å². The molecule has 2 aromatic carbocycles. The molecule has 2 aromatic heterocycles. The summed E-state index contributed by atoms with van der Waals surface area (Å²) in [6, 6.07) is 13.8. The molecule has 14 heteroatoms. The van der Waals surface area contributed by atoms with Gasteiger partial charge in [0.15, 0.2) is 0 Å². The molecule has 0 aliphatic carbocycles. The van der Waals surface area contributed by atoms with Crippen molar-refractivity contribution in [2.45, 2.75) is 25.7 Å². The third-order valence-corrected chi connectivity index (χ3v) is 8.47. The zero-order chi connectivity index (χ0) is 34.0. The quantitative estimate of drug-likeness (QED) is 0.194. The molecule has 9 nitrogen and oxygen atoms in total. The van der Waals surface area contributed by atoms with Gasteiger partial charge in [0.25, 0.3) is 5.91 Å². The first-order valence-electron chi connectivity index (χ1n) is 15.3. The summed E-state index contributed by atoms with van der Waals surface area (Å²) in [5, 5.41) is 3.16. The predicted molar refractivity (Wildman–Crippen MR) is 170 cm³/mol. The summed E-state index contributed by atoms with van der Waals surface area (Å²) < 4.78 is 78.5. The molecule has 252 valence electrons. The Balaban J connectivity index is 1.25. The minimum Gasteiger partial charge on any atom is -0.497 e. The maximum absolute atomic E-state index is 14.9. The fraction of sp³-hybridized carbons (Fsp3) is 0.324. The van der Waals surface area contributed by atoms with E-state index in [4.69, 9.17) is 9.47 Å². The van der Waals surface area contributed by atoms with Gasteiger partial charge >= 0.3 is 6.18 Å². The van der Waals surface area contributed by atoms with E-state index in [9.17, 15) is 26.7 Å². The molecule has 4 heterocycles. The van der Waals surface area contributed by atoms with Crippen molar-refractivity contribution in [2.24, 2.45) is 0 Å². The van der Waals surface area contributed by atoms with Crippen molar-refractivity contribution in [3.63, 3.8) is 0 Å². The summed E-state index contributed by atoms with van der Waals surface area (Å²) in [6.45, 7) is 2.32. The number of nitrogens with zero attached hydrogens (tertiary/aromatic N) is 5. The molecule has 6 rings (SSSR count). The Morgan fingerprint density at radius 3 is 2.31 bits per heavy atom. The lowest BCUT2D eigenvalue weighted by Gasteiger charge is -2.36. The van der Waals surface area contributed by atoms with E-state index in [1.165, 1.54) is 19.2 Å². The molecule has 0 unspecified atom stereocenters. The van der Waals surface area contributed by atoms with E-state index in [1.54, 1.807) is 47.4 Å². The van der Waals surface area contributed by atoms with Crippen LogP contribution in [0, 0.1) is 11.6 Å². The Kier molecular flexibility index (Phi) is 9.35. The van der Waals surface area contributed by atoms with Gasteiger partial charge in [0.2, 0.25) is 0 Å². The van der Waals surface area contributed by atoms with Crippen LogP contribution in [0.5, 0.6) is 11.5 Å². The van der Waals surface area contributed by atoms with E-state index >= 15 is 0 Å². The van der Waals surface area contributed by atoms with Crippen LogP contribution in [0.3, 0.4) is 0 Å². The van der Waals surface area contributed by atoms with E-state index in [1.807, 2.05) is 11.0 Å². The molecule has 1 N–H and O–H groups in total. The average molecular weight is 669 g/mol. The number of piperazine rings is 1. The number of hydrogen-bond donors (Lipinski definition) is 1. The number of fused-ring (bicyclic) bond motifs is 1. The smallest absolute Gasteiger partial charge is 0.390 e. The summed E-state index contributed by atoms with van der Waals surface area (Å²) in [6.07, 6.45) is -3.39. The summed E-state index contributed by atoms with van der Waals surface area (Å²) in [7, 11) is 3.06. The van der Waals surface area contributed by atoms with Crippen LogP contribution < -0.4 is 19.7 Å². The number of hydrogen-bond acceptors (Lipinski definition) is 8. The van der Waals surface area contributed by atoms with Crippen LogP contribution in [0.15, 0.2) is 60.8 Å². The van der Waals surface area contributed by atoms with E-state index < -0.39 is 24.2 Å². The van der Waals surface area contributed by atoms with E-state index in [-0.39, 0.29) is 48.0 Å². The Labute approximate surface area is 273 Å². The van der Waals surface area contributed by atoms with Gasteiger partial charge in [-0.05, 0) is 42.5 Å². The molecule has 1 saturated heterocycles. The standard InChI is InChI=1S/C34H33F5N6O3/c1-47-23-8-6-21(29(16-23)48-2)19-45-20-28-32(33(45)46)27(17-26(41-28)31-24(35)4-3-5-25(31)36)42-30-9-7-22(18-40-30)44-14-12-43(13-15-44)11-10-34(37,38)39/h3-9,16-18H,10-15,19-20H2,1-2H3,(H,40,41,42). The largest absolute Gasteiger partial charge is 0.497 e. The van der Waals surface area contributed by atoms with Gasteiger partial charge in [-0.25, -0.2) is 18.7 Å². The molecule has 1 fully saturated rings. The van der Waals surface area contributed by atoms with Gasteiger partial charge in [-0.1, -0.05) is 6.07 Å². The Hall–Kier alpha value is -4.98. The highest BCUT2D eigenvalue weighted by molar-refractivity contribution is 6.04. The Bertz CT molecular complexity index is 1780. The average Bonchev–Trinajstić information content (AvgIpc) is 3.38. The van der Waals surface area contributed by atoms with Gasteiger partial charge in [0.05, 0.1) is 73.8 Å². The zero-order valence-electron chi connectivity index (χ0n) is 26.3. The van der Waals surface area contributed by atoms with Crippen molar-refractivity contribution in [3.05, 3.63) is 89.2 Å². The molecule has 48 heavy (non-hydrogen) atoms. The van der Waals surface area contributed by atoms with Crippen LogP contribution in [-0.2, 0) is 13.1 Å². The van der Waals surface area contributed by atoms with Crippen molar-refractivity contribution >= 4 is 23.1 Å². The SMILES string of the molecule is COc1ccc(CN2Cc3nc(-c4c(F)cccc4F)cc(Nc4ccc(N5CCN(CCC(F)(F)F)CC5)cn4)c3C2=O)c(OC)c1.